The predicted octanol–water partition coefficient (Wildman–Crippen LogP) is 5.03. The van der Waals surface area contributed by atoms with E-state index in [0.29, 0.717) is 16.7 Å². The Morgan fingerprint density at radius 1 is 1.00 bits per heavy atom. The van der Waals surface area contributed by atoms with Gasteiger partial charge < -0.3 is 10.1 Å². The van der Waals surface area contributed by atoms with Crippen LogP contribution in [-0.4, -0.2) is 13.7 Å². The van der Waals surface area contributed by atoms with Crippen LogP contribution in [0, 0.1) is 0 Å². The number of ether oxygens (including phenoxy) is 1. The first-order chi connectivity index (χ1) is 10.2. The number of nitrogens with one attached hydrogen (secondary N) is 1. The van der Waals surface area contributed by atoms with E-state index in [-0.39, 0.29) is 12.1 Å². The Morgan fingerprint density at radius 2 is 1.71 bits per heavy atom. The zero-order valence-corrected chi connectivity index (χ0v) is 13.7. The number of hydrogen-bond donors (Lipinski definition) is 1. The molecule has 2 unspecified atom stereocenters. The highest BCUT2D eigenvalue weighted by Crippen LogP contribution is 2.34. The summed E-state index contributed by atoms with van der Waals surface area (Å²) in [5, 5.41) is 4.43. The maximum atomic E-state index is 6.14. The summed E-state index contributed by atoms with van der Waals surface area (Å²) in [5.74, 6) is 0. The van der Waals surface area contributed by atoms with E-state index in [4.69, 9.17) is 27.9 Å². The lowest BCUT2D eigenvalue weighted by Crippen LogP contribution is -2.26. The summed E-state index contributed by atoms with van der Waals surface area (Å²) in [6.07, 6.45) is -0.0848. The molecule has 2 nitrogen and oxygen atoms in total. The van der Waals surface area contributed by atoms with Crippen molar-refractivity contribution in [1.29, 1.82) is 0 Å². The molecule has 0 saturated carbocycles. The molecule has 112 valence electrons. The molecule has 0 saturated heterocycles. The molecule has 0 aliphatic heterocycles. The zero-order chi connectivity index (χ0) is 15.2. The predicted molar refractivity (Wildman–Crippen MR) is 89.1 cm³/mol. The smallest absolute Gasteiger partial charge is 0.102 e. The molecule has 2 aromatic rings. The summed E-state index contributed by atoms with van der Waals surface area (Å²) in [7, 11) is 1.92. The number of halogens is 2. The van der Waals surface area contributed by atoms with Gasteiger partial charge >= 0.3 is 0 Å². The fourth-order valence-corrected chi connectivity index (χ4v) is 2.71. The van der Waals surface area contributed by atoms with Gasteiger partial charge in [0.2, 0.25) is 0 Å². The van der Waals surface area contributed by atoms with Gasteiger partial charge in [0.1, 0.15) is 6.10 Å². The standard InChI is InChI=1S/C17H19Cl2NO/c1-3-21-17(12-7-5-4-6-8-12)16(20-2)13-9-10-14(18)15(19)11-13/h4-11,16-17,20H,3H2,1-2H3. The first kappa shape index (κ1) is 16.3. The average molecular weight is 324 g/mol. The van der Waals surface area contributed by atoms with Crippen LogP contribution in [0.25, 0.3) is 0 Å². The van der Waals surface area contributed by atoms with Crippen molar-refractivity contribution in [1.82, 2.24) is 5.32 Å². The molecule has 0 heterocycles. The summed E-state index contributed by atoms with van der Waals surface area (Å²) in [6.45, 7) is 2.64. The van der Waals surface area contributed by atoms with Crippen molar-refractivity contribution in [2.24, 2.45) is 0 Å². The maximum absolute atomic E-state index is 6.14. The van der Waals surface area contributed by atoms with Crippen molar-refractivity contribution in [3.05, 3.63) is 69.7 Å². The minimum Gasteiger partial charge on any atom is -0.372 e. The highest BCUT2D eigenvalue weighted by molar-refractivity contribution is 6.42. The number of benzene rings is 2. The lowest BCUT2D eigenvalue weighted by molar-refractivity contribution is 0.0347. The Labute approximate surface area is 136 Å². The Bertz CT molecular complexity index is 574. The molecule has 21 heavy (non-hydrogen) atoms. The average Bonchev–Trinajstić information content (AvgIpc) is 2.51. The van der Waals surface area contributed by atoms with E-state index in [0.717, 1.165) is 11.1 Å². The van der Waals surface area contributed by atoms with Crippen LogP contribution in [-0.2, 0) is 4.74 Å². The van der Waals surface area contributed by atoms with Crippen LogP contribution in [0.4, 0.5) is 0 Å². The third-order valence-corrected chi connectivity index (χ3v) is 4.13. The molecule has 2 atom stereocenters. The van der Waals surface area contributed by atoms with Crippen LogP contribution in [0.15, 0.2) is 48.5 Å². The van der Waals surface area contributed by atoms with Crippen molar-refractivity contribution >= 4 is 23.2 Å². The number of likely N-dealkylation sites (N-methyl/N-ethyl adjacent to an activating group) is 1. The van der Waals surface area contributed by atoms with Crippen LogP contribution in [0.1, 0.15) is 30.2 Å². The van der Waals surface area contributed by atoms with Crippen molar-refractivity contribution in [3.63, 3.8) is 0 Å². The topological polar surface area (TPSA) is 21.3 Å². The molecule has 0 aliphatic carbocycles. The maximum Gasteiger partial charge on any atom is 0.102 e. The third kappa shape index (κ3) is 3.98. The van der Waals surface area contributed by atoms with Crippen molar-refractivity contribution in [2.75, 3.05) is 13.7 Å². The van der Waals surface area contributed by atoms with Crippen LogP contribution < -0.4 is 5.32 Å². The monoisotopic (exact) mass is 323 g/mol. The summed E-state index contributed by atoms with van der Waals surface area (Å²) in [4.78, 5) is 0. The van der Waals surface area contributed by atoms with Crippen LogP contribution in [0.3, 0.4) is 0 Å². The summed E-state index contributed by atoms with van der Waals surface area (Å²) < 4.78 is 5.97. The summed E-state index contributed by atoms with van der Waals surface area (Å²) in [6, 6.07) is 15.9. The van der Waals surface area contributed by atoms with E-state index in [1.807, 2.05) is 50.4 Å². The molecule has 0 amide bonds. The van der Waals surface area contributed by atoms with Gasteiger partial charge in [0.05, 0.1) is 16.1 Å². The zero-order valence-electron chi connectivity index (χ0n) is 12.1. The van der Waals surface area contributed by atoms with Gasteiger partial charge in [-0.2, -0.15) is 0 Å². The second kappa shape index (κ2) is 7.81. The second-order valence-corrected chi connectivity index (χ2v) is 5.54. The molecule has 0 aliphatic rings. The summed E-state index contributed by atoms with van der Waals surface area (Å²) in [5.41, 5.74) is 2.18. The van der Waals surface area contributed by atoms with Gasteiger partial charge in [-0.05, 0) is 37.2 Å². The quantitative estimate of drug-likeness (QED) is 0.804. The molecule has 0 aromatic heterocycles. The highest BCUT2D eigenvalue weighted by atomic mass is 35.5. The molecule has 0 fully saturated rings. The Morgan fingerprint density at radius 3 is 2.29 bits per heavy atom. The Balaban J connectivity index is 2.37. The molecular formula is C17H19Cl2NO. The Hall–Kier alpha value is -1.06. The molecule has 0 radical (unpaired) electrons. The van der Waals surface area contributed by atoms with Crippen LogP contribution >= 0.6 is 23.2 Å². The molecule has 2 aromatic carbocycles. The highest BCUT2D eigenvalue weighted by Gasteiger charge is 2.24. The van der Waals surface area contributed by atoms with Gasteiger partial charge in [-0.15, -0.1) is 0 Å². The van der Waals surface area contributed by atoms with Gasteiger partial charge in [-0.25, -0.2) is 0 Å². The van der Waals surface area contributed by atoms with E-state index in [9.17, 15) is 0 Å². The lowest BCUT2D eigenvalue weighted by atomic mass is 9.95. The largest absolute Gasteiger partial charge is 0.372 e. The lowest BCUT2D eigenvalue weighted by Gasteiger charge is -2.28. The SMILES string of the molecule is CCOC(c1ccccc1)C(NC)c1ccc(Cl)c(Cl)c1. The molecule has 0 bridgehead atoms. The van der Waals surface area contributed by atoms with Crippen LogP contribution in [0.5, 0.6) is 0 Å². The van der Waals surface area contributed by atoms with Gasteiger partial charge in [0.15, 0.2) is 0 Å². The van der Waals surface area contributed by atoms with Crippen molar-refractivity contribution in [2.45, 2.75) is 19.1 Å². The van der Waals surface area contributed by atoms with Crippen LogP contribution in [0.2, 0.25) is 10.0 Å². The molecule has 2 rings (SSSR count). The van der Waals surface area contributed by atoms with Gasteiger partial charge in [-0.1, -0.05) is 59.6 Å². The van der Waals surface area contributed by atoms with E-state index in [2.05, 4.69) is 17.4 Å². The summed E-state index contributed by atoms with van der Waals surface area (Å²) >= 11 is 12.1. The van der Waals surface area contributed by atoms with E-state index in [1.54, 1.807) is 0 Å². The van der Waals surface area contributed by atoms with E-state index in [1.165, 1.54) is 0 Å². The fourth-order valence-electron chi connectivity index (χ4n) is 2.41. The van der Waals surface area contributed by atoms with E-state index < -0.39 is 0 Å². The van der Waals surface area contributed by atoms with Gasteiger partial charge in [0.25, 0.3) is 0 Å². The first-order valence-corrected chi connectivity index (χ1v) is 7.71. The molecule has 1 N–H and O–H groups in total. The minimum atomic E-state index is -0.0848. The van der Waals surface area contributed by atoms with Gasteiger partial charge in [0, 0.05) is 6.61 Å². The Kier molecular flexibility index (Phi) is 6.07. The molecule has 4 heteroatoms. The molecule has 0 spiro atoms. The third-order valence-electron chi connectivity index (χ3n) is 3.39. The first-order valence-electron chi connectivity index (χ1n) is 6.96. The molecular weight excluding hydrogens is 305 g/mol. The van der Waals surface area contributed by atoms with Crippen molar-refractivity contribution in [3.8, 4) is 0 Å². The minimum absolute atomic E-state index is 0.00196. The number of hydrogen-bond acceptors (Lipinski definition) is 2. The number of rotatable bonds is 6. The fraction of sp³-hybridized carbons (Fsp3) is 0.294. The second-order valence-electron chi connectivity index (χ2n) is 4.73. The normalized spacial score (nSPS) is 13.9. The van der Waals surface area contributed by atoms with Gasteiger partial charge in [-0.3, -0.25) is 0 Å². The van der Waals surface area contributed by atoms with Crippen molar-refractivity contribution < 1.29 is 4.74 Å². The van der Waals surface area contributed by atoms with E-state index >= 15 is 0 Å².